The van der Waals surface area contributed by atoms with Gasteiger partial charge in [0.1, 0.15) is 11.6 Å². The molecule has 2 heterocycles. The van der Waals surface area contributed by atoms with Gasteiger partial charge in [-0.3, -0.25) is 9.59 Å². The molecule has 0 saturated heterocycles. The lowest BCUT2D eigenvalue weighted by Crippen LogP contribution is -2.36. The van der Waals surface area contributed by atoms with Crippen LogP contribution < -0.4 is 10.9 Å². The van der Waals surface area contributed by atoms with Crippen molar-refractivity contribution in [1.82, 2.24) is 15.1 Å². The average Bonchev–Trinajstić information content (AvgIpc) is 3.15. The summed E-state index contributed by atoms with van der Waals surface area (Å²) in [5.74, 6) is -0.350. The Hall–Kier alpha value is -2.15. The number of carbonyl (C=O) groups excluding carboxylic acids is 1. The van der Waals surface area contributed by atoms with E-state index in [2.05, 4.69) is 10.4 Å². The van der Waals surface area contributed by atoms with Gasteiger partial charge in [0.15, 0.2) is 0 Å². The van der Waals surface area contributed by atoms with Crippen molar-refractivity contribution >= 4 is 40.4 Å². The molecule has 5 nitrogen and oxygen atoms in total. The third-order valence-corrected chi connectivity index (χ3v) is 5.47. The minimum absolute atomic E-state index is 0.0597. The summed E-state index contributed by atoms with van der Waals surface area (Å²) in [6.45, 7) is 1.76. The Morgan fingerprint density at radius 3 is 2.65 bits per heavy atom. The van der Waals surface area contributed by atoms with Gasteiger partial charge in [0.05, 0.1) is 17.3 Å². The summed E-state index contributed by atoms with van der Waals surface area (Å²) in [5.41, 5.74) is 1.50. The maximum absolute atomic E-state index is 12.5. The van der Waals surface area contributed by atoms with E-state index in [9.17, 15) is 9.59 Å². The Labute approximate surface area is 164 Å². The smallest absolute Gasteiger partial charge is 0.287 e. The van der Waals surface area contributed by atoms with E-state index in [-0.39, 0.29) is 28.5 Å². The fourth-order valence-electron chi connectivity index (χ4n) is 2.43. The number of nitrogens with zero attached hydrogens (tertiary/aromatic N) is 2. The van der Waals surface area contributed by atoms with Gasteiger partial charge in [-0.1, -0.05) is 59.1 Å². The SMILES string of the molecule is Cc1ccc([C@@H](NC(=O)Cn2ncc(Cl)c(Cl)c2=O)c2cccs2)cc1. The van der Waals surface area contributed by atoms with Gasteiger partial charge < -0.3 is 5.32 Å². The number of carbonyl (C=O) groups is 1. The van der Waals surface area contributed by atoms with Gasteiger partial charge >= 0.3 is 0 Å². The molecule has 1 aromatic carbocycles. The Bertz CT molecular complexity index is 969. The summed E-state index contributed by atoms with van der Waals surface area (Å²) in [4.78, 5) is 25.6. The van der Waals surface area contributed by atoms with Crippen molar-refractivity contribution in [3.63, 3.8) is 0 Å². The zero-order chi connectivity index (χ0) is 18.7. The van der Waals surface area contributed by atoms with E-state index in [1.54, 1.807) is 11.3 Å². The second-order valence-corrected chi connectivity index (χ2v) is 7.46. The summed E-state index contributed by atoms with van der Waals surface area (Å²) in [7, 11) is 0. The number of rotatable bonds is 5. The maximum atomic E-state index is 12.5. The van der Waals surface area contributed by atoms with Crippen LogP contribution in [0.4, 0.5) is 0 Å². The van der Waals surface area contributed by atoms with Gasteiger partial charge in [0, 0.05) is 4.88 Å². The third kappa shape index (κ3) is 4.15. The summed E-state index contributed by atoms with van der Waals surface area (Å²) < 4.78 is 0.990. The van der Waals surface area contributed by atoms with Gasteiger partial charge in [-0.25, -0.2) is 4.68 Å². The zero-order valence-electron chi connectivity index (χ0n) is 13.8. The van der Waals surface area contributed by atoms with Crippen LogP contribution in [0.1, 0.15) is 22.0 Å². The van der Waals surface area contributed by atoms with Crippen LogP contribution in [0.2, 0.25) is 10.0 Å². The zero-order valence-corrected chi connectivity index (χ0v) is 16.1. The van der Waals surface area contributed by atoms with Crippen molar-refractivity contribution in [3.8, 4) is 0 Å². The van der Waals surface area contributed by atoms with Crippen molar-refractivity contribution in [2.75, 3.05) is 0 Å². The van der Waals surface area contributed by atoms with Gasteiger partial charge in [0.2, 0.25) is 5.91 Å². The molecule has 0 spiro atoms. The molecule has 134 valence electrons. The average molecular weight is 408 g/mol. The van der Waals surface area contributed by atoms with Crippen molar-refractivity contribution in [1.29, 1.82) is 0 Å². The molecule has 0 saturated carbocycles. The summed E-state index contributed by atoms with van der Waals surface area (Å²) in [6.07, 6.45) is 1.25. The van der Waals surface area contributed by atoms with Crippen LogP contribution in [0.25, 0.3) is 0 Å². The quantitative estimate of drug-likeness (QED) is 0.698. The van der Waals surface area contributed by atoms with Gasteiger partial charge in [-0.2, -0.15) is 5.10 Å². The van der Waals surface area contributed by atoms with E-state index in [1.165, 1.54) is 6.20 Å². The number of benzene rings is 1. The summed E-state index contributed by atoms with van der Waals surface area (Å²) in [6, 6.07) is 11.5. The molecule has 1 amide bonds. The van der Waals surface area contributed by atoms with Gasteiger partial charge in [0.25, 0.3) is 5.56 Å². The molecule has 0 radical (unpaired) electrons. The molecular weight excluding hydrogens is 393 g/mol. The highest BCUT2D eigenvalue weighted by Crippen LogP contribution is 2.26. The predicted octanol–water partition coefficient (Wildman–Crippen LogP) is 3.83. The van der Waals surface area contributed by atoms with E-state index in [0.717, 1.165) is 20.7 Å². The number of halogens is 2. The molecule has 0 unspecified atom stereocenters. The number of amides is 1. The minimum atomic E-state index is -0.600. The largest absolute Gasteiger partial charge is 0.343 e. The topological polar surface area (TPSA) is 64.0 Å². The fourth-order valence-corrected chi connectivity index (χ4v) is 3.51. The molecule has 8 heteroatoms. The molecule has 0 aliphatic heterocycles. The van der Waals surface area contributed by atoms with Gasteiger partial charge in [-0.15, -0.1) is 11.3 Å². The predicted molar refractivity (Wildman–Crippen MR) is 104 cm³/mol. The van der Waals surface area contributed by atoms with Crippen molar-refractivity contribution in [2.45, 2.75) is 19.5 Å². The second kappa shape index (κ2) is 8.03. The first kappa shape index (κ1) is 18.6. The molecule has 0 aliphatic rings. The molecule has 3 rings (SSSR count). The van der Waals surface area contributed by atoms with Gasteiger partial charge in [-0.05, 0) is 23.9 Å². The standard InChI is InChI=1S/C18H15Cl2N3O2S/c1-11-4-6-12(7-5-11)17(14-3-2-8-26-14)22-15(24)10-23-18(25)16(20)13(19)9-21-23/h2-9,17H,10H2,1H3,(H,22,24)/t17-/m1/s1. The highest BCUT2D eigenvalue weighted by atomic mass is 35.5. The number of aromatic nitrogens is 2. The van der Waals surface area contributed by atoms with E-state index >= 15 is 0 Å². The molecular formula is C18H15Cl2N3O2S. The Morgan fingerprint density at radius 2 is 2.00 bits per heavy atom. The van der Waals surface area contributed by atoms with E-state index < -0.39 is 5.56 Å². The lowest BCUT2D eigenvalue weighted by Gasteiger charge is -2.18. The van der Waals surface area contributed by atoms with Crippen LogP contribution >= 0.6 is 34.5 Å². The van der Waals surface area contributed by atoms with Crippen LogP contribution in [0.15, 0.2) is 52.8 Å². The highest BCUT2D eigenvalue weighted by Gasteiger charge is 2.19. The molecule has 2 aromatic heterocycles. The lowest BCUT2D eigenvalue weighted by atomic mass is 10.0. The normalized spacial score (nSPS) is 12.0. The van der Waals surface area contributed by atoms with Crippen LogP contribution in [-0.4, -0.2) is 15.7 Å². The maximum Gasteiger partial charge on any atom is 0.287 e. The number of thiophene rings is 1. The molecule has 1 atom stereocenters. The molecule has 1 N–H and O–H groups in total. The third-order valence-electron chi connectivity index (χ3n) is 3.78. The monoisotopic (exact) mass is 407 g/mol. The number of hydrogen-bond acceptors (Lipinski definition) is 4. The molecule has 0 fully saturated rings. The Kier molecular flexibility index (Phi) is 5.76. The first-order chi connectivity index (χ1) is 12.5. The molecule has 0 aliphatic carbocycles. The first-order valence-electron chi connectivity index (χ1n) is 7.76. The Balaban J connectivity index is 1.83. The molecule has 3 aromatic rings. The van der Waals surface area contributed by atoms with E-state index in [4.69, 9.17) is 23.2 Å². The van der Waals surface area contributed by atoms with Crippen LogP contribution in [-0.2, 0) is 11.3 Å². The number of aryl methyl sites for hydroxylation is 1. The molecule has 26 heavy (non-hydrogen) atoms. The van der Waals surface area contributed by atoms with Crippen LogP contribution in [0, 0.1) is 6.92 Å². The summed E-state index contributed by atoms with van der Waals surface area (Å²) >= 11 is 13.1. The highest BCUT2D eigenvalue weighted by molar-refractivity contribution is 7.10. The van der Waals surface area contributed by atoms with Crippen LogP contribution in [0.5, 0.6) is 0 Å². The Morgan fingerprint density at radius 1 is 1.27 bits per heavy atom. The van der Waals surface area contributed by atoms with Crippen molar-refractivity contribution in [3.05, 3.63) is 84.4 Å². The number of hydrogen-bond donors (Lipinski definition) is 1. The van der Waals surface area contributed by atoms with Crippen LogP contribution in [0.3, 0.4) is 0 Å². The van der Waals surface area contributed by atoms with Crippen molar-refractivity contribution < 1.29 is 4.79 Å². The van der Waals surface area contributed by atoms with E-state index in [0.29, 0.717) is 0 Å². The minimum Gasteiger partial charge on any atom is -0.343 e. The first-order valence-corrected chi connectivity index (χ1v) is 9.39. The fraction of sp³-hybridized carbons (Fsp3) is 0.167. The second-order valence-electron chi connectivity index (χ2n) is 5.70. The van der Waals surface area contributed by atoms with E-state index in [1.807, 2.05) is 48.7 Å². The summed E-state index contributed by atoms with van der Waals surface area (Å²) in [5, 5.41) is 8.68. The van der Waals surface area contributed by atoms with Crippen molar-refractivity contribution in [2.24, 2.45) is 0 Å². The molecule has 0 bridgehead atoms. The number of nitrogens with one attached hydrogen (secondary N) is 1. The lowest BCUT2D eigenvalue weighted by molar-refractivity contribution is -0.122.